The van der Waals surface area contributed by atoms with Gasteiger partial charge in [0.1, 0.15) is 15.4 Å². The molecular formula is C13H10N4O3S. The number of ether oxygens (including phenoxy) is 1. The maximum atomic E-state index is 12.2. The Morgan fingerprint density at radius 1 is 1.38 bits per heavy atom. The predicted octanol–water partition coefficient (Wildman–Crippen LogP) is 1.54. The summed E-state index contributed by atoms with van der Waals surface area (Å²) in [6.45, 7) is 1.70. The Bertz CT molecular complexity index is 886. The summed E-state index contributed by atoms with van der Waals surface area (Å²) in [7, 11) is 1.30. The first-order chi connectivity index (χ1) is 10.1. The van der Waals surface area contributed by atoms with Gasteiger partial charge in [-0.2, -0.15) is 0 Å². The van der Waals surface area contributed by atoms with E-state index in [4.69, 9.17) is 4.74 Å². The molecule has 0 amide bonds. The fourth-order valence-corrected chi connectivity index (χ4v) is 3.07. The molecule has 0 unspecified atom stereocenters. The molecule has 106 valence electrons. The lowest BCUT2D eigenvalue weighted by Crippen LogP contribution is -2.10. The van der Waals surface area contributed by atoms with Gasteiger partial charge in [0.15, 0.2) is 5.82 Å². The summed E-state index contributed by atoms with van der Waals surface area (Å²) in [4.78, 5) is 39.8. The van der Waals surface area contributed by atoms with Crippen molar-refractivity contribution in [3.63, 3.8) is 0 Å². The van der Waals surface area contributed by atoms with Crippen LogP contribution in [0.25, 0.3) is 21.7 Å². The van der Waals surface area contributed by atoms with E-state index in [-0.39, 0.29) is 5.56 Å². The van der Waals surface area contributed by atoms with Crippen LogP contribution in [0.15, 0.2) is 23.4 Å². The average molecular weight is 302 g/mol. The number of hydrogen-bond donors (Lipinski definition) is 1. The minimum atomic E-state index is -0.476. The summed E-state index contributed by atoms with van der Waals surface area (Å²) in [5.74, 6) is -0.158. The van der Waals surface area contributed by atoms with Crippen LogP contribution in [0.4, 0.5) is 0 Å². The molecule has 0 radical (unpaired) electrons. The first-order valence-corrected chi connectivity index (χ1v) is 6.81. The lowest BCUT2D eigenvalue weighted by molar-refractivity contribution is 0.0605. The third-order valence-electron chi connectivity index (χ3n) is 2.98. The highest BCUT2D eigenvalue weighted by atomic mass is 32.1. The van der Waals surface area contributed by atoms with Crippen molar-refractivity contribution in [1.82, 2.24) is 19.9 Å². The van der Waals surface area contributed by atoms with E-state index in [1.165, 1.54) is 25.7 Å². The summed E-state index contributed by atoms with van der Waals surface area (Å²) < 4.78 is 4.71. The summed E-state index contributed by atoms with van der Waals surface area (Å²) in [5, 5.41) is 0.396. The van der Waals surface area contributed by atoms with Crippen molar-refractivity contribution >= 4 is 27.5 Å². The van der Waals surface area contributed by atoms with Crippen molar-refractivity contribution < 1.29 is 9.53 Å². The molecule has 8 heteroatoms. The van der Waals surface area contributed by atoms with Crippen molar-refractivity contribution in [2.24, 2.45) is 0 Å². The Morgan fingerprint density at radius 2 is 2.19 bits per heavy atom. The molecule has 0 fully saturated rings. The van der Waals surface area contributed by atoms with Gasteiger partial charge in [0.2, 0.25) is 0 Å². The summed E-state index contributed by atoms with van der Waals surface area (Å²) in [5.41, 5.74) is 0.716. The fraction of sp³-hybridized carbons (Fsp3) is 0.154. The number of carbonyl (C=O) groups excluding carboxylic acids is 1. The van der Waals surface area contributed by atoms with E-state index in [9.17, 15) is 9.59 Å². The highest BCUT2D eigenvalue weighted by Gasteiger charge is 2.20. The van der Waals surface area contributed by atoms with Crippen LogP contribution in [0.5, 0.6) is 0 Å². The molecule has 0 spiro atoms. The molecule has 7 nitrogen and oxygen atoms in total. The largest absolute Gasteiger partial charge is 0.465 e. The van der Waals surface area contributed by atoms with Gasteiger partial charge in [0.25, 0.3) is 5.56 Å². The molecule has 3 heterocycles. The van der Waals surface area contributed by atoms with Gasteiger partial charge in [-0.25, -0.2) is 14.8 Å². The normalized spacial score (nSPS) is 10.8. The lowest BCUT2D eigenvalue weighted by atomic mass is 10.2. The molecule has 3 aromatic heterocycles. The van der Waals surface area contributed by atoms with E-state index in [1.54, 1.807) is 6.92 Å². The van der Waals surface area contributed by atoms with Gasteiger partial charge >= 0.3 is 5.97 Å². The van der Waals surface area contributed by atoms with Gasteiger partial charge in [-0.15, -0.1) is 11.3 Å². The van der Waals surface area contributed by atoms with Crippen molar-refractivity contribution in [3.8, 4) is 11.5 Å². The first-order valence-electron chi connectivity index (χ1n) is 6.00. The van der Waals surface area contributed by atoms with Gasteiger partial charge in [0, 0.05) is 12.4 Å². The maximum Gasteiger partial charge on any atom is 0.348 e. The molecule has 0 aromatic carbocycles. The average Bonchev–Trinajstić information content (AvgIpc) is 2.85. The van der Waals surface area contributed by atoms with Crippen LogP contribution in [-0.4, -0.2) is 33.0 Å². The Morgan fingerprint density at radius 3 is 2.86 bits per heavy atom. The van der Waals surface area contributed by atoms with Gasteiger partial charge < -0.3 is 9.72 Å². The highest BCUT2D eigenvalue weighted by molar-refractivity contribution is 7.20. The monoisotopic (exact) mass is 302 g/mol. The highest BCUT2D eigenvalue weighted by Crippen LogP contribution is 2.28. The third kappa shape index (κ3) is 2.19. The molecule has 0 saturated carbocycles. The number of aromatic nitrogens is 4. The van der Waals surface area contributed by atoms with Crippen LogP contribution >= 0.6 is 11.3 Å². The van der Waals surface area contributed by atoms with Crippen molar-refractivity contribution in [2.45, 2.75) is 6.92 Å². The Kier molecular flexibility index (Phi) is 3.22. The number of methoxy groups -OCH3 is 1. The number of nitrogens with zero attached hydrogens (tertiary/aromatic N) is 3. The first kappa shape index (κ1) is 13.4. The molecule has 0 aliphatic carbocycles. The second kappa shape index (κ2) is 5.06. The van der Waals surface area contributed by atoms with Crippen LogP contribution in [0.3, 0.4) is 0 Å². The molecule has 3 aromatic rings. The third-order valence-corrected chi connectivity index (χ3v) is 4.14. The van der Waals surface area contributed by atoms with Crippen LogP contribution in [0.2, 0.25) is 0 Å². The Balaban J connectivity index is 2.26. The number of H-pyrrole nitrogens is 1. The second-order valence-electron chi connectivity index (χ2n) is 4.23. The summed E-state index contributed by atoms with van der Waals surface area (Å²) in [6, 6.07) is 0. The number of aryl methyl sites for hydroxylation is 1. The SMILES string of the molecule is COC(=O)c1sc2nc(-c3cnccn3)[nH]c(=O)c2c1C. The fourth-order valence-electron chi connectivity index (χ4n) is 1.97. The van der Waals surface area contributed by atoms with Crippen LogP contribution in [0, 0.1) is 6.92 Å². The zero-order valence-corrected chi connectivity index (χ0v) is 12.0. The minimum Gasteiger partial charge on any atom is -0.465 e. The number of aromatic amines is 1. The molecule has 21 heavy (non-hydrogen) atoms. The number of thiophene rings is 1. The van der Waals surface area contributed by atoms with E-state index in [2.05, 4.69) is 19.9 Å². The predicted molar refractivity (Wildman–Crippen MR) is 77.3 cm³/mol. The van der Waals surface area contributed by atoms with Crippen LogP contribution < -0.4 is 5.56 Å². The van der Waals surface area contributed by atoms with E-state index >= 15 is 0 Å². The van der Waals surface area contributed by atoms with Gasteiger partial charge in [0.05, 0.1) is 18.7 Å². The summed E-state index contributed by atoms with van der Waals surface area (Å²) in [6.07, 6.45) is 4.55. The molecule has 0 aliphatic rings. The van der Waals surface area contributed by atoms with E-state index < -0.39 is 5.97 Å². The zero-order chi connectivity index (χ0) is 15.0. The molecule has 0 saturated heterocycles. The summed E-state index contributed by atoms with van der Waals surface area (Å²) >= 11 is 1.13. The number of carbonyl (C=O) groups is 1. The molecule has 0 bridgehead atoms. The van der Waals surface area contributed by atoms with E-state index in [0.717, 1.165) is 11.3 Å². The van der Waals surface area contributed by atoms with Crippen molar-refractivity contribution in [1.29, 1.82) is 0 Å². The van der Waals surface area contributed by atoms with Crippen molar-refractivity contribution in [3.05, 3.63) is 39.4 Å². The lowest BCUT2D eigenvalue weighted by Gasteiger charge is -1.99. The molecule has 0 atom stereocenters. The number of fused-ring (bicyclic) bond motifs is 1. The standard InChI is InChI=1S/C13H10N4O3S/c1-6-8-11(18)16-10(7-5-14-3-4-15-7)17-12(8)21-9(6)13(19)20-2/h3-5H,1-2H3,(H,16,17,18). The van der Waals surface area contributed by atoms with E-state index in [0.29, 0.717) is 32.2 Å². The number of nitrogens with one attached hydrogen (secondary N) is 1. The number of rotatable bonds is 2. The van der Waals surface area contributed by atoms with Gasteiger partial charge in [-0.3, -0.25) is 9.78 Å². The topological polar surface area (TPSA) is 97.8 Å². The second-order valence-corrected chi connectivity index (χ2v) is 5.23. The molecule has 3 rings (SSSR count). The maximum absolute atomic E-state index is 12.2. The quantitative estimate of drug-likeness (QED) is 0.721. The smallest absolute Gasteiger partial charge is 0.348 e. The molecule has 1 N–H and O–H groups in total. The Labute approximate surface area is 122 Å². The van der Waals surface area contributed by atoms with Crippen LogP contribution in [0.1, 0.15) is 15.2 Å². The number of esters is 1. The number of hydrogen-bond acceptors (Lipinski definition) is 7. The molecule has 0 aliphatic heterocycles. The minimum absolute atomic E-state index is 0.315. The van der Waals surface area contributed by atoms with Gasteiger partial charge in [-0.05, 0) is 12.5 Å². The Hall–Kier alpha value is -2.61. The zero-order valence-electron chi connectivity index (χ0n) is 11.2. The molecular weight excluding hydrogens is 292 g/mol. The van der Waals surface area contributed by atoms with Crippen LogP contribution in [-0.2, 0) is 4.74 Å². The van der Waals surface area contributed by atoms with Gasteiger partial charge in [-0.1, -0.05) is 0 Å². The van der Waals surface area contributed by atoms with Crippen molar-refractivity contribution in [2.75, 3.05) is 7.11 Å². The van der Waals surface area contributed by atoms with E-state index in [1.807, 2.05) is 0 Å².